The monoisotopic (exact) mass is 512 g/mol. The van der Waals surface area contributed by atoms with Crippen LogP contribution in [0.4, 0.5) is 19.3 Å². The van der Waals surface area contributed by atoms with Crippen molar-refractivity contribution in [1.29, 1.82) is 0 Å². The SMILES string of the molecule is O=C1O[C@H](C(O)F)CN1c1ccc(-c2ccc(-c3nnn(C4CC4)n3)nc2)c(F)c1.O=P(O)(O)O. The second kappa shape index (κ2) is 9.71. The highest BCUT2D eigenvalue weighted by Gasteiger charge is 2.37. The Hall–Kier alpha value is -3.36. The van der Waals surface area contributed by atoms with Crippen LogP contribution in [0.3, 0.4) is 0 Å². The number of phosphoric acid groups is 1. The number of aliphatic hydroxyl groups is 1. The molecule has 2 aromatic heterocycles. The topological polar surface area (TPSA) is 184 Å². The zero-order valence-electron chi connectivity index (χ0n) is 17.7. The molecular weight excluding hydrogens is 493 g/mol. The van der Waals surface area contributed by atoms with E-state index < -0.39 is 32.2 Å². The summed E-state index contributed by atoms with van der Waals surface area (Å²) in [6, 6.07) is 7.85. The van der Waals surface area contributed by atoms with E-state index >= 15 is 0 Å². The Morgan fingerprint density at radius 2 is 1.89 bits per heavy atom. The maximum absolute atomic E-state index is 14.7. The zero-order valence-corrected chi connectivity index (χ0v) is 18.6. The van der Waals surface area contributed by atoms with Gasteiger partial charge < -0.3 is 24.5 Å². The minimum absolute atomic E-state index is 0.204. The maximum atomic E-state index is 14.7. The largest absolute Gasteiger partial charge is 0.466 e. The van der Waals surface area contributed by atoms with Gasteiger partial charge in [0.15, 0.2) is 6.10 Å². The molecule has 2 atom stereocenters. The lowest BCUT2D eigenvalue weighted by molar-refractivity contribution is -0.0503. The molecule has 13 nitrogen and oxygen atoms in total. The average Bonchev–Trinajstić information content (AvgIpc) is 3.37. The minimum Gasteiger partial charge on any atom is -0.438 e. The van der Waals surface area contributed by atoms with Crippen molar-refractivity contribution < 1.29 is 42.7 Å². The van der Waals surface area contributed by atoms with Crippen LogP contribution in [0.15, 0.2) is 36.5 Å². The van der Waals surface area contributed by atoms with E-state index in [2.05, 4.69) is 20.4 Å². The number of carbonyl (C=O) groups excluding carboxylic acids is 1. The summed E-state index contributed by atoms with van der Waals surface area (Å²) in [7, 11) is -4.64. The summed E-state index contributed by atoms with van der Waals surface area (Å²) in [6.45, 7) is -0.208. The van der Waals surface area contributed by atoms with E-state index in [1.54, 1.807) is 16.9 Å². The van der Waals surface area contributed by atoms with Gasteiger partial charge in [-0.25, -0.2) is 18.1 Å². The molecule has 3 aromatic rings. The summed E-state index contributed by atoms with van der Waals surface area (Å²) < 4.78 is 41.3. The number of halogens is 2. The Morgan fingerprint density at radius 1 is 1.17 bits per heavy atom. The summed E-state index contributed by atoms with van der Waals surface area (Å²) in [5, 5.41) is 21.3. The fourth-order valence-electron chi connectivity index (χ4n) is 3.22. The van der Waals surface area contributed by atoms with Crippen LogP contribution in [0.25, 0.3) is 22.6 Å². The summed E-state index contributed by atoms with van der Waals surface area (Å²) in [5.41, 5.74) is 1.54. The Bertz CT molecular complexity index is 1260. The third-order valence-corrected chi connectivity index (χ3v) is 5.01. The number of aromatic nitrogens is 5. The number of benzene rings is 1. The number of alkyl halides is 1. The lowest BCUT2D eigenvalue weighted by Gasteiger charge is -2.14. The van der Waals surface area contributed by atoms with Crippen LogP contribution in [-0.2, 0) is 9.30 Å². The van der Waals surface area contributed by atoms with Crippen LogP contribution in [0, 0.1) is 5.82 Å². The van der Waals surface area contributed by atoms with Crippen molar-refractivity contribution in [2.75, 3.05) is 11.4 Å². The highest BCUT2D eigenvalue weighted by Crippen LogP contribution is 2.33. The van der Waals surface area contributed by atoms with E-state index in [0.717, 1.165) is 23.8 Å². The molecule has 0 bridgehead atoms. The highest BCUT2D eigenvalue weighted by molar-refractivity contribution is 7.45. The molecule has 1 aliphatic carbocycles. The van der Waals surface area contributed by atoms with Gasteiger partial charge in [0.05, 0.1) is 18.3 Å². The number of pyridine rings is 1. The van der Waals surface area contributed by atoms with Gasteiger partial charge in [0, 0.05) is 17.3 Å². The third-order valence-electron chi connectivity index (χ3n) is 5.01. The van der Waals surface area contributed by atoms with Gasteiger partial charge in [0.2, 0.25) is 12.2 Å². The molecule has 1 saturated heterocycles. The number of nitrogens with zero attached hydrogens (tertiary/aromatic N) is 6. The van der Waals surface area contributed by atoms with Crippen LogP contribution < -0.4 is 4.90 Å². The number of ether oxygens (including phenoxy) is 1. The molecule has 4 N–H and O–H groups in total. The molecule has 2 aliphatic rings. The number of hydrogen-bond acceptors (Lipinski definition) is 8. The molecule has 3 heterocycles. The lowest BCUT2D eigenvalue weighted by atomic mass is 10.1. The first-order valence-electron chi connectivity index (χ1n) is 10.1. The molecule has 0 radical (unpaired) electrons. The van der Waals surface area contributed by atoms with Crippen molar-refractivity contribution in [3.8, 4) is 22.6 Å². The maximum Gasteiger partial charge on any atom is 0.466 e. The Kier molecular flexibility index (Phi) is 6.87. The van der Waals surface area contributed by atoms with Crippen LogP contribution in [0.2, 0.25) is 0 Å². The van der Waals surface area contributed by atoms with Crippen LogP contribution >= 0.6 is 7.82 Å². The quantitative estimate of drug-likeness (QED) is 0.364. The summed E-state index contributed by atoms with van der Waals surface area (Å²) in [6.07, 6.45) is -0.855. The molecule has 186 valence electrons. The Labute approximate surface area is 195 Å². The van der Waals surface area contributed by atoms with E-state index in [1.165, 1.54) is 18.3 Å². The van der Waals surface area contributed by atoms with Crippen molar-refractivity contribution in [2.45, 2.75) is 31.3 Å². The molecule has 2 fully saturated rings. The molecule has 1 aromatic carbocycles. The Balaban J connectivity index is 0.000000527. The second-order valence-corrected chi connectivity index (χ2v) is 8.71. The standard InChI is InChI=1S/C19H16F2N6O3.H3O4P/c20-14-7-12(26-9-16(17(21)28)30-19(26)29)4-5-13(14)10-1-6-15(22-8-10)18-23-25-27(24-18)11-2-3-11;1-5(2,3)4/h1,4-8,11,16-17,28H,2-3,9H2;(H3,1,2,3,4)/t16-,17?;/m0./s1. The number of rotatable bonds is 5. The normalized spacial score (nSPS) is 18.6. The van der Waals surface area contributed by atoms with Gasteiger partial charge in [-0.1, -0.05) is 6.07 Å². The van der Waals surface area contributed by atoms with Gasteiger partial charge in [-0.05, 0) is 42.3 Å². The van der Waals surface area contributed by atoms with Gasteiger partial charge in [-0.3, -0.25) is 9.88 Å². The smallest absolute Gasteiger partial charge is 0.438 e. The first kappa shape index (κ1) is 24.8. The Morgan fingerprint density at radius 3 is 2.43 bits per heavy atom. The number of tetrazole rings is 1. The summed E-state index contributed by atoms with van der Waals surface area (Å²) in [4.78, 5) is 40.4. The van der Waals surface area contributed by atoms with Crippen molar-refractivity contribution >= 4 is 19.6 Å². The van der Waals surface area contributed by atoms with Gasteiger partial charge in [-0.2, -0.15) is 4.80 Å². The molecule has 16 heteroatoms. The second-order valence-electron chi connectivity index (χ2n) is 7.68. The van der Waals surface area contributed by atoms with Crippen LogP contribution in [0.1, 0.15) is 18.9 Å². The number of carbonyl (C=O) groups is 1. The highest BCUT2D eigenvalue weighted by atomic mass is 31.2. The van der Waals surface area contributed by atoms with Crippen LogP contribution in [-0.4, -0.2) is 70.1 Å². The van der Waals surface area contributed by atoms with E-state index in [0.29, 0.717) is 23.1 Å². The van der Waals surface area contributed by atoms with E-state index in [4.69, 9.17) is 29.1 Å². The molecule has 1 saturated carbocycles. The van der Waals surface area contributed by atoms with E-state index in [1.807, 2.05) is 0 Å². The van der Waals surface area contributed by atoms with Crippen molar-refractivity contribution in [1.82, 2.24) is 25.2 Å². The molecule has 5 rings (SSSR count). The van der Waals surface area contributed by atoms with E-state index in [9.17, 15) is 13.6 Å². The fourth-order valence-corrected chi connectivity index (χ4v) is 3.22. The van der Waals surface area contributed by atoms with Crippen molar-refractivity contribution in [3.05, 3.63) is 42.3 Å². The molecular formula is C19H19F2N6O7P. The predicted molar refractivity (Wildman–Crippen MR) is 114 cm³/mol. The van der Waals surface area contributed by atoms with Gasteiger partial charge in [0.1, 0.15) is 11.5 Å². The van der Waals surface area contributed by atoms with E-state index in [-0.39, 0.29) is 17.8 Å². The minimum atomic E-state index is -4.64. The molecule has 35 heavy (non-hydrogen) atoms. The zero-order chi connectivity index (χ0) is 25.3. The van der Waals surface area contributed by atoms with Gasteiger partial charge in [-0.15, -0.1) is 10.2 Å². The van der Waals surface area contributed by atoms with Crippen molar-refractivity contribution in [2.24, 2.45) is 0 Å². The van der Waals surface area contributed by atoms with Gasteiger partial charge in [0.25, 0.3) is 0 Å². The summed E-state index contributed by atoms with van der Waals surface area (Å²) in [5.74, 6) is -0.182. The van der Waals surface area contributed by atoms with Crippen molar-refractivity contribution in [3.63, 3.8) is 0 Å². The average molecular weight is 512 g/mol. The number of aliphatic hydroxyl groups excluding tert-OH is 1. The number of hydrogen-bond donors (Lipinski definition) is 4. The first-order chi connectivity index (χ1) is 16.5. The predicted octanol–water partition coefficient (Wildman–Crippen LogP) is 1.56. The molecule has 1 amide bonds. The molecule has 0 spiro atoms. The first-order valence-corrected chi connectivity index (χ1v) is 11.7. The fraction of sp³-hybridized carbons (Fsp3) is 0.316. The molecule has 1 unspecified atom stereocenters. The van der Waals surface area contributed by atoms with Crippen LogP contribution in [0.5, 0.6) is 0 Å². The number of amides is 1. The van der Waals surface area contributed by atoms with Gasteiger partial charge >= 0.3 is 13.9 Å². The third kappa shape index (κ3) is 6.21. The molecule has 1 aliphatic heterocycles. The lowest BCUT2D eigenvalue weighted by Crippen LogP contribution is -2.28. The number of cyclic esters (lactones) is 1. The summed E-state index contributed by atoms with van der Waals surface area (Å²) >= 11 is 0. The number of anilines is 1.